The summed E-state index contributed by atoms with van der Waals surface area (Å²) in [5, 5.41) is 3.66. The third-order valence-corrected chi connectivity index (χ3v) is 4.07. The van der Waals surface area contributed by atoms with Crippen LogP contribution in [-0.4, -0.2) is 26.2 Å². The zero-order valence-electron chi connectivity index (χ0n) is 11.1. The van der Waals surface area contributed by atoms with Crippen molar-refractivity contribution in [2.24, 2.45) is 5.73 Å². The maximum Gasteiger partial charge on any atom is 0.0597 e. The molecule has 0 saturated heterocycles. The highest BCUT2D eigenvalue weighted by atomic mass is 79.9. The monoisotopic (exact) mass is 311 g/mol. The molecule has 0 spiro atoms. The van der Waals surface area contributed by atoms with Gasteiger partial charge >= 0.3 is 0 Å². The Bertz CT molecular complexity index is 398. The minimum atomic E-state index is 0.402. The molecule has 0 unspecified atom stereocenters. The SMILES string of the molecule is CN(C)c1ccc(Br)cc1NC1CCC(N)CC1. The Morgan fingerprint density at radius 2 is 1.89 bits per heavy atom. The van der Waals surface area contributed by atoms with Crippen molar-refractivity contribution in [1.82, 2.24) is 0 Å². The average molecular weight is 312 g/mol. The highest BCUT2D eigenvalue weighted by Crippen LogP contribution is 2.30. The molecule has 0 bridgehead atoms. The lowest BCUT2D eigenvalue weighted by Crippen LogP contribution is -2.33. The van der Waals surface area contributed by atoms with Crippen LogP contribution in [-0.2, 0) is 0 Å². The molecule has 3 nitrogen and oxygen atoms in total. The molecular weight excluding hydrogens is 290 g/mol. The molecule has 100 valence electrons. The number of nitrogens with one attached hydrogen (secondary N) is 1. The molecule has 1 aliphatic carbocycles. The predicted octanol–water partition coefficient (Wildman–Crippen LogP) is 3.20. The normalized spacial score (nSPS) is 23.8. The van der Waals surface area contributed by atoms with Crippen LogP contribution in [0.2, 0.25) is 0 Å². The first-order valence-corrected chi connectivity index (χ1v) is 7.34. The van der Waals surface area contributed by atoms with Crippen molar-refractivity contribution < 1.29 is 0 Å². The Morgan fingerprint density at radius 3 is 2.50 bits per heavy atom. The van der Waals surface area contributed by atoms with Crippen LogP contribution < -0.4 is 16.0 Å². The third-order valence-electron chi connectivity index (χ3n) is 3.57. The van der Waals surface area contributed by atoms with Gasteiger partial charge in [-0.15, -0.1) is 0 Å². The van der Waals surface area contributed by atoms with Gasteiger partial charge in [0, 0.05) is 30.7 Å². The summed E-state index contributed by atoms with van der Waals surface area (Å²) in [5.41, 5.74) is 8.38. The number of hydrogen-bond acceptors (Lipinski definition) is 3. The maximum absolute atomic E-state index is 5.95. The zero-order valence-corrected chi connectivity index (χ0v) is 12.7. The molecule has 0 amide bonds. The summed E-state index contributed by atoms with van der Waals surface area (Å²) in [6.07, 6.45) is 4.59. The predicted molar refractivity (Wildman–Crippen MR) is 82.3 cm³/mol. The smallest absolute Gasteiger partial charge is 0.0597 e. The van der Waals surface area contributed by atoms with Crippen molar-refractivity contribution in [3.8, 4) is 0 Å². The molecule has 2 rings (SSSR count). The van der Waals surface area contributed by atoms with E-state index >= 15 is 0 Å². The number of rotatable bonds is 3. The molecular formula is C14H22BrN3. The Kier molecular flexibility index (Phi) is 4.51. The number of benzene rings is 1. The van der Waals surface area contributed by atoms with Crippen molar-refractivity contribution in [2.45, 2.75) is 37.8 Å². The largest absolute Gasteiger partial charge is 0.381 e. The number of nitrogens with zero attached hydrogens (tertiary/aromatic N) is 1. The highest BCUT2D eigenvalue weighted by Gasteiger charge is 2.19. The van der Waals surface area contributed by atoms with Crippen LogP contribution in [0, 0.1) is 0 Å². The summed E-state index contributed by atoms with van der Waals surface area (Å²) in [5.74, 6) is 0. The highest BCUT2D eigenvalue weighted by molar-refractivity contribution is 9.10. The van der Waals surface area contributed by atoms with E-state index < -0.39 is 0 Å². The minimum Gasteiger partial charge on any atom is -0.381 e. The fourth-order valence-electron chi connectivity index (χ4n) is 2.50. The van der Waals surface area contributed by atoms with Crippen molar-refractivity contribution in [2.75, 3.05) is 24.3 Å². The second-order valence-electron chi connectivity index (χ2n) is 5.31. The van der Waals surface area contributed by atoms with E-state index in [0.717, 1.165) is 17.3 Å². The molecule has 3 N–H and O–H groups in total. The summed E-state index contributed by atoms with van der Waals surface area (Å²) < 4.78 is 1.11. The molecule has 0 aromatic heterocycles. The van der Waals surface area contributed by atoms with Crippen molar-refractivity contribution in [1.29, 1.82) is 0 Å². The summed E-state index contributed by atoms with van der Waals surface area (Å²) >= 11 is 3.54. The van der Waals surface area contributed by atoms with E-state index in [2.05, 4.69) is 58.4 Å². The molecule has 1 fully saturated rings. The summed E-state index contributed by atoms with van der Waals surface area (Å²) in [4.78, 5) is 2.14. The van der Waals surface area contributed by atoms with Crippen LogP contribution in [0.25, 0.3) is 0 Å². The number of hydrogen-bond donors (Lipinski definition) is 2. The first-order chi connectivity index (χ1) is 8.56. The number of anilines is 2. The first kappa shape index (κ1) is 13.7. The Morgan fingerprint density at radius 1 is 1.22 bits per heavy atom. The maximum atomic E-state index is 5.95. The van der Waals surface area contributed by atoms with Crippen molar-refractivity contribution >= 4 is 27.3 Å². The van der Waals surface area contributed by atoms with E-state index in [4.69, 9.17) is 5.73 Å². The van der Waals surface area contributed by atoms with Crippen LogP contribution >= 0.6 is 15.9 Å². The fourth-order valence-corrected chi connectivity index (χ4v) is 2.86. The fraction of sp³-hybridized carbons (Fsp3) is 0.571. The number of nitrogens with two attached hydrogens (primary N) is 1. The Balaban J connectivity index is 2.10. The van der Waals surface area contributed by atoms with E-state index in [9.17, 15) is 0 Å². The molecule has 18 heavy (non-hydrogen) atoms. The van der Waals surface area contributed by atoms with Crippen LogP contribution in [0.5, 0.6) is 0 Å². The van der Waals surface area contributed by atoms with Gasteiger partial charge in [0.2, 0.25) is 0 Å². The van der Waals surface area contributed by atoms with Gasteiger partial charge < -0.3 is 16.0 Å². The minimum absolute atomic E-state index is 0.402. The second-order valence-corrected chi connectivity index (χ2v) is 6.23. The van der Waals surface area contributed by atoms with Crippen LogP contribution in [0.15, 0.2) is 22.7 Å². The van der Waals surface area contributed by atoms with Gasteiger partial charge in [0.1, 0.15) is 0 Å². The van der Waals surface area contributed by atoms with Gasteiger partial charge in [0.05, 0.1) is 11.4 Å². The van der Waals surface area contributed by atoms with Gasteiger partial charge in [0.15, 0.2) is 0 Å². The zero-order chi connectivity index (χ0) is 13.1. The molecule has 1 saturated carbocycles. The standard InChI is InChI=1S/C14H22BrN3/c1-18(2)14-8-3-10(15)9-13(14)17-12-6-4-11(16)5-7-12/h3,8-9,11-12,17H,4-7,16H2,1-2H3. The van der Waals surface area contributed by atoms with Gasteiger partial charge in [-0.3, -0.25) is 0 Å². The summed E-state index contributed by atoms with van der Waals surface area (Å²) in [7, 11) is 4.15. The second kappa shape index (κ2) is 5.93. The molecule has 0 radical (unpaired) electrons. The lowest BCUT2D eigenvalue weighted by atomic mass is 9.91. The van der Waals surface area contributed by atoms with Crippen LogP contribution in [0.4, 0.5) is 11.4 Å². The van der Waals surface area contributed by atoms with Crippen molar-refractivity contribution in [3.63, 3.8) is 0 Å². The molecule has 0 aliphatic heterocycles. The third kappa shape index (κ3) is 3.39. The van der Waals surface area contributed by atoms with Crippen molar-refractivity contribution in [3.05, 3.63) is 22.7 Å². The Hall–Kier alpha value is -0.740. The lowest BCUT2D eigenvalue weighted by Gasteiger charge is -2.29. The van der Waals surface area contributed by atoms with Gasteiger partial charge in [0.25, 0.3) is 0 Å². The molecule has 1 aromatic rings. The van der Waals surface area contributed by atoms with E-state index in [0.29, 0.717) is 12.1 Å². The lowest BCUT2D eigenvalue weighted by molar-refractivity contribution is 0.411. The van der Waals surface area contributed by atoms with Gasteiger partial charge in [-0.2, -0.15) is 0 Å². The first-order valence-electron chi connectivity index (χ1n) is 6.55. The summed E-state index contributed by atoms with van der Waals surface area (Å²) in [6.45, 7) is 0. The van der Waals surface area contributed by atoms with E-state index in [1.807, 2.05) is 0 Å². The van der Waals surface area contributed by atoms with E-state index in [1.165, 1.54) is 24.2 Å². The van der Waals surface area contributed by atoms with Crippen LogP contribution in [0.3, 0.4) is 0 Å². The average Bonchev–Trinajstić information content (AvgIpc) is 2.32. The van der Waals surface area contributed by atoms with Gasteiger partial charge in [-0.05, 0) is 43.9 Å². The van der Waals surface area contributed by atoms with E-state index in [1.54, 1.807) is 0 Å². The van der Waals surface area contributed by atoms with Gasteiger partial charge in [-0.1, -0.05) is 15.9 Å². The molecule has 4 heteroatoms. The van der Waals surface area contributed by atoms with Crippen LogP contribution in [0.1, 0.15) is 25.7 Å². The Labute approximate surface area is 118 Å². The molecule has 0 heterocycles. The molecule has 1 aliphatic rings. The number of halogens is 1. The van der Waals surface area contributed by atoms with Gasteiger partial charge in [-0.25, -0.2) is 0 Å². The quantitative estimate of drug-likeness (QED) is 0.900. The molecule has 0 atom stereocenters. The summed E-state index contributed by atoms with van der Waals surface area (Å²) in [6, 6.07) is 7.33. The van der Waals surface area contributed by atoms with E-state index in [-0.39, 0.29) is 0 Å². The molecule has 1 aromatic carbocycles. The topological polar surface area (TPSA) is 41.3 Å².